The maximum Gasteiger partial charge on any atom is 0.0889 e. The molecule has 0 aromatic heterocycles. The Balaban J connectivity index is 2.40. The van der Waals surface area contributed by atoms with Crippen molar-refractivity contribution in [3.8, 4) is 0 Å². The van der Waals surface area contributed by atoms with Crippen LogP contribution in [0.2, 0.25) is 0 Å². The van der Waals surface area contributed by atoms with Gasteiger partial charge in [-0.2, -0.15) is 0 Å². The molecule has 0 aliphatic carbocycles. The first-order valence-corrected chi connectivity index (χ1v) is 6.60. The van der Waals surface area contributed by atoms with Crippen LogP contribution in [-0.2, 0) is 4.52 Å². The van der Waals surface area contributed by atoms with Gasteiger partial charge in [0.2, 0.25) is 0 Å². The van der Waals surface area contributed by atoms with E-state index in [1.807, 2.05) is 11.4 Å². The molecule has 0 amide bonds. The summed E-state index contributed by atoms with van der Waals surface area (Å²) in [7, 11) is -0.141. The highest BCUT2D eigenvalue weighted by Gasteiger charge is 2.28. The first-order valence-electron chi connectivity index (χ1n) is 3.73. The van der Waals surface area contributed by atoms with E-state index in [9.17, 15) is 0 Å². The molecule has 0 bridgehead atoms. The van der Waals surface area contributed by atoms with Gasteiger partial charge < -0.3 is 4.52 Å². The van der Waals surface area contributed by atoms with Gasteiger partial charge >= 0.3 is 0 Å². The van der Waals surface area contributed by atoms with Crippen molar-refractivity contribution >= 4 is 18.7 Å². The van der Waals surface area contributed by atoms with Gasteiger partial charge in [0, 0.05) is 4.75 Å². The molecule has 1 saturated heterocycles. The molecule has 1 heterocycles. The van der Waals surface area contributed by atoms with Crippen molar-refractivity contribution in [2.24, 2.45) is 0 Å². The van der Waals surface area contributed by atoms with Crippen LogP contribution in [0.25, 0.3) is 0 Å². The molecule has 60 valence electrons. The van der Waals surface area contributed by atoms with E-state index in [0.29, 0.717) is 4.75 Å². The third-order valence-electron chi connectivity index (χ3n) is 1.55. The molecule has 0 saturated carbocycles. The first kappa shape index (κ1) is 8.83. The van der Waals surface area contributed by atoms with E-state index in [4.69, 9.17) is 4.52 Å². The summed E-state index contributed by atoms with van der Waals surface area (Å²) in [5.41, 5.74) is 0. The summed E-state index contributed by atoms with van der Waals surface area (Å²) in [4.78, 5) is 0. The van der Waals surface area contributed by atoms with Crippen LogP contribution in [0.4, 0.5) is 0 Å². The van der Waals surface area contributed by atoms with Crippen molar-refractivity contribution in [2.45, 2.75) is 31.9 Å². The summed E-state index contributed by atoms with van der Waals surface area (Å²) in [5.74, 6) is 0. The van der Waals surface area contributed by atoms with Crippen LogP contribution in [0, 0.1) is 0 Å². The monoisotopic (exact) mass is 178 g/mol. The fourth-order valence-electron chi connectivity index (χ4n) is 0.897. The van der Waals surface area contributed by atoms with Gasteiger partial charge in [-0.05, 0) is 12.6 Å². The van der Waals surface area contributed by atoms with Gasteiger partial charge in [0.1, 0.15) is 0 Å². The van der Waals surface area contributed by atoms with Crippen LogP contribution in [0.15, 0.2) is 0 Å². The number of hydrogen-bond acceptors (Lipinski definition) is 2. The minimum Gasteiger partial charge on any atom is -0.348 e. The van der Waals surface area contributed by atoms with E-state index in [0.717, 1.165) is 6.61 Å². The molecular weight excluding hydrogens is 163 g/mol. The highest BCUT2D eigenvalue weighted by atomic mass is 32.7. The second-order valence-corrected chi connectivity index (χ2v) is 7.70. The van der Waals surface area contributed by atoms with Crippen molar-refractivity contribution in [1.29, 1.82) is 0 Å². The highest BCUT2D eigenvalue weighted by Crippen LogP contribution is 2.60. The van der Waals surface area contributed by atoms with E-state index in [-0.39, 0.29) is 7.35 Å². The Morgan fingerprint density at radius 2 is 2.30 bits per heavy atom. The molecule has 10 heavy (non-hydrogen) atoms. The average Bonchev–Trinajstić information content (AvgIpc) is 1.86. The maximum atomic E-state index is 5.59. The fourth-order valence-corrected chi connectivity index (χ4v) is 4.98. The fraction of sp³-hybridized carbons (Fsp3) is 1.00. The van der Waals surface area contributed by atoms with Crippen LogP contribution in [0.5, 0.6) is 0 Å². The molecule has 0 aromatic rings. The predicted molar refractivity (Wildman–Crippen MR) is 49.7 cm³/mol. The molecule has 3 heteroatoms. The van der Waals surface area contributed by atoms with Crippen LogP contribution in [-0.4, -0.2) is 17.5 Å². The zero-order valence-corrected chi connectivity index (χ0v) is 8.60. The molecule has 1 aliphatic rings. The largest absolute Gasteiger partial charge is 0.348 e. The van der Waals surface area contributed by atoms with E-state index in [1.165, 1.54) is 12.6 Å². The lowest BCUT2D eigenvalue weighted by molar-refractivity contribution is 0.326. The van der Waals surface area contributed by atoms with E-state index in [1.54, 1.807) is 0 Å². The lowest BCUT2D eigenvalue weighted by atomic mass is 10.1. The Morgan fingerprint density at radius 1 is 1.60 bits per heavy atom. The summed E-state index contributed by atoms with van der Waals surface area (Å²) in [6.07, 6.45) is 2.40. The first-order chi connectivity index (χ1) is 4.64. The standard InChI is InChI=1S/C7H15OPS/c1-4-9-8-6-5-7(2,3)10-9/h4-6H2,1-3H3. The molecule has 1 rings (SSSR count). The lowest BCUT2D eigenvalue weighted by Gasteiger charge is -2.33. The van der Waals surface area contributed by atoms with Gasteiger partial charge in [0.15, 0.2) is 0 Å². The minimum absolute atomic E-state index is 0.141. The summed E-state index contributed by atoms with van der Waals surface area (Å²) < 4.78 is 6.06. The molecule has 0 aromatic carbocycles. The Kier molecular flexibility index (Phi) is 3.02. The zero-order valence-electron chi connectivity index (χ0n) is 6.89. The Morgan fingerprint density at radius 3 is 2.70 bits per heavy atom. The topological polar surface area (TPSA) is 9.23 Å². The zero-order chi connectivity index (χ0) is 7.61. The van der Waals surface area contributed by atoms with E-state index < -0.39 is 0 Å². The van der Waals surface area contributed by atoms with Crippen LogP contribution < -0.4 is 0 Å². The second kappa shape index (κ2) is 3.42. The average molecular weight is 178 g/mol. The van der Waals surface area contributed by atoms with Gasteiger partial charge in [-0.1, -0.05) is 32.2 Å². The van der Waals surface area contributed by atoms with Crippen molar-refractivity contribution in [3.05, 3.63) is 0 Å². The number of rotatable bonds is 1. The SMILES string of the molecule is CCP1OCCC(C)(C)S1. The Bertz CT molecular complexity index is 116. The quantitative estimate of drug-likeness (QED) is 0.570. The summed E-state index contributed by atoms with van der Waals surface area (Å²) in [5, 5.41) is 0. The molecule has 1 atom stereocenters. The number of hydrogen-bond donors (Lipinski definition) is 0. The highest BCUT2D eigenvalue weighted by molar-refractivity contribution is 8.55. The second-order valence-electron chi connectivity index (χ2n) is 3.08. The van der Waals surface area contributed by atoms with E-state index in [2.05, 4.69) is 20.8 Å². The van der Waals surface area contributed by atoms with Gasteiger partial charge in [0.25, 0.3) is 0 Å². The van der Waals surface area contributed by atoms with Crippen molar-refractivity contribution in [2.75, 3.05) is 12.8 Å². The van der Waals surface area contributed by atoms with Crippen LogP contribution in [0.3, 0.4) is 0 Å². The van der Waals surface area contributed by atoms with Crippen LogP contribution >= 0.6 is 18.7 Å². The predicted octanol–water partition coefficient (Wildman–Crippen LogP) is 3.25. The van der Waals surface area contributed by atoms with Gasteiger partial charge in [-0.15, -0.1) is 0 Å². The molecule has 1 unspecified atom stereocenters. The minimum atomic E-state index is -0.141. The molecule has 0 N–H and O–H groups in total. The molecule has 0 spiro atoms. The third kappa shape index (κ3) is 2.41. The maximum absolute atomic E-state index is 5.59. The van der Waals surface area contributed by atoms with Crippen molar-refractivity contribution in [3.63, 3.8) is 0 Å². The van der Waals surface area contributed by atoms with E-state index >= 15 is 0 Å². The molecule has 1 aliphatic heterocycles. The molecule has 0 radical (unpaired) electrons. The third-order valence-corrected chi connectivity index (χ3v) is 6.62. The summed E-state index contributed by atoms with van der Waals surface area (Å²) in [6.45, 7) is 7.80. The summed E-state index contributed by atoms with van der Waals surface area (Å²) in [6, 6.07) is 0. The normalized spacial score (nSPS) is 32.1. The Hall–Kier alpha value is 0.740. The van der Waals surface area contributed by atoms with Gasteiger partial charge in [-0.3, -0.25) is 0 Å². The Labute approximate surface area is 68.5 Å². The molecule has 1 nitrogen and oxygen atoms in total. The van der Waals surface area contributed by atoms with Crippen molar-refractivity contribution < 1.29 is 4.52 Å². The molecular formula is C7H15OPS. The lowest BCUT2D eigenvalue weighted by Crippen LogP contribution is -2.20. The summed E-state index contributed by atoms with van der Waals surface area (Å²) >= 11 is 2.03. The smallest absolute Gasteiger partial charge is 0.0889 e. The van der Waals surface area contributed by atoms with Gasteiger partial charge in [0.05, 0.1) is 14.0 Å². The van der Waals surface area contributed by atoms with Crippen molar-refractivity contribution in [1.82, 2.24) is 0 Å². The van der Waals surface area contributed by atoms with Gasteiger partial charge in [-0.25, -0.2) is 0 Å². The molecule has 1 fully saturated rings. The van der Waals surface area contributed by atoms with Crippen LogP contribution in [0.1, 0.15) is 27.2 Å².